The summed E-state index contributed by atoms with van der Waals surface area (Å²) < 4.78 is 78.2. The molecule has 0 fully saturated rings. The lowest BCUT2D eigenvalue weighted by Crippen LogP contribution is -2.52. The third-order valence-electron chi connectivity index (χ3n) is 3.10. The van der Waals surface area contributed by atoms with Gasteiger partial charge in [0.1, 0.15) is 0 Å². The normalized spacial score (nSPS) is 14.8. The number of aryl methyl sites for hydroxylation is 2. The summed E-state index contributed by atoms with van der Waals surface area (Å²) in [5.74, 6) is -3.42. The van der Waals surface area contributed by atoms with Crippen LogP contribution in [0.1, 0.15) is 18.3 Å². The first-order chi connectivity index (χ1) is 9.46. The Bertz CT molecular complexity index is 449. The van der Waals surface area contributed by atoms with Gasteiger partial charge < -0.3 is 5.32 Å². The van der Waals surface area contributed by atoms with Gasteiger partial charge in [0, 0.05) is 25.2 Å². The molecule has 9 heteroatoms. The van der Waals surface area contributed by atoms with Crippen molar-refractivity contribution in [1.29, 1.82) is 0 Å². The van der Waals surface area contributed by atoms with Crippen molar-refractivity contribution in [2.45, 2.75) is 38.7 Å². The zero-order valence-corrected chi connectivity index (χ0v) is 11.8. The number of hydrogen-bond donors (Lipinski definition) is 1. The molecule has 0 aromatic carbocycles. The van der Waals surface area contributed by atoms with Crippen LogP contribution in [0.2, 0.25) is 0 Å². The maximum absolute atomic E-state index is 12.8. The van der Waals surface area contributed by atoms with Gasteiger partial charge in [-0.2, -0.15) is 31.4 Å². The number of rotatable bonds is 5. The molecule has 1 N–H and O–H groups in total. The van der Waals surface area contributed by atoms with E-state index in [4.69, 9.17) is 0 Å². The Morgan fingerprint density at radius 3 is 2.05 bits per heavy atom. The number of halogens is 6. The number of likely N-dealkylation sites (N-methyl/N-ethyl adjacent to an activating group) is 1. The highest BCUT2D eigenvalue weighted by molar-refractivity contribution is 5.11. The fourth-order valence-electron chi connectivity index (χ4n) is 2.29. The molecule has 0 aliphatic carbocycles. The summed E-state index contributed by atoms with van der Waals surface area (Å²) in [6, 6.07) is -0.307. The largest absolute Gasteiger partial charge is 0.402 e. The fourth-order valence-corrected chi connectivity index (χ4v) is 2.29. The summed E-state index contributed by atoms with van der Waals surface area (Å²) in [7, 11) is 1.49. The van der Waals surface area contributed by atoms with Gasteiger partial charge in [0.25, 0.3) is 0 Å². The summed E-state index contributed by atoms with van der Waals surface area (Å²) in [4.78, 5) is 0. The molecule has 0 amide bonds. The minimum Gasteiger partial charge on any atom is -0.313 e. The second-order valence-electron chi connectivity index (χ2n) is 4.83. The van der Waals surface area contributed by atoms with Gasteiger partial charge in [-0.1, -0.05) is 6.92 Å². The van der Waals surface area contributed by atoms with Crippen molar-refractivity contribution in [2.75, 3.05) is 6.54 Å². The Balaban J connectivity index is 3.11. The lowest BCUT2D eigenvalue weighted by molar-refractivity contribution is -0.291. The average molecular weight is 317 g/mol. The van der Waals surface area contributed by atoms with Gasteiger partial charge in [-0.05, 0) is 19.5 Å². The van der Waals surface area contributed by atoms with E-state index in [0.29, 0.717) is 11.4 Å². The second-order valence-corrected chi connectivity index (χ2v) is 4.83. The molecule has 0 bridgehead atoms. The Labute approximate surface area is 118 Å². The Morgan fingerprint density at radius 1 is 1.19 bits per heavy atom. The van der Waals surface area contributed by atoms with Crippen LogP contribution in [-0.4, -0.2) is 34.7 Å². The Hall–Kier alpha value is -1.25. The highest BCUT2D eigenvalue weighted by Crippen LogP contribution is 2.42. The first-order valence-electron chi connectivity index (χ1n) is 6.33. The van der Waals surface area contributed by atoms with E-state index < -0.39 is 30.7 Å². The minimum absolute atomic E-state index is 0.00413. The first-order valence-corrected chi connectivity index (χ1v) is 6.33. The summed E-state index contributed by atoms with van der Waals surface area (Å²) in [5.41, 5.74) is 0.857. The van der Waals surface area contributed by atoms with Crippen LogP contribution in [0, 0.1) is 12.8 Å². The predicted molar refractivity (Wildman–Crippen MR) is 64.7 cm³/mol. The minimum atomic E-state index is -5.36. The number of alkyl halides is 6. The highest BCUT2D eigenvalue weighted by Gasteiger charge is 2.60. The van der Waals surface area contributed by atoms with Gasteiger partial charge in [-0.15, -0.1) is 0 Å². The molecule has 1 atom stereocenters. The van der Waals surface area contributed by atoms with Crippen LogP contribution >= 0.6 is 0 Å². The summed E-state index contributed by atoms with van der Waals surface area (Å²) >= 11 is 0. The van der Waals surface area contributed by atoms with Crippen LogP contribution in [0.25, 0.3) is 0 Å². The van der Waals surface area contributed by atoms with Crippen LogP contribution in [0.5, 0.6) is 0 Å². The van der Waals surface area contributed by atoms with Crippen molar-refractivity contribution in [3.8, 4) is 0 Å². The fraction of sp³-hybridized carbons (Fsp3) is 0.750. The van der Waals surface area contributed by atoms with Gasteiger partial charge in [0.2, 0.25) is 0 Å². The van der Waals surface area contributed by atoms with E-state index >= 15 is 0 Å². The summed E-state index contributed by atoms with van der Waals surface area (Å²) in [6.07, 6.45) is -11.1. The summed E-state index contributed by atoms with van der Waals surface area (Å²) in [6.45, 7) is 3.09. The Kier molecular flexibility index (Phi) is 5.30. The third kappa shape index (κ3) is 4.62. The first kappa shape index (κ1) is 17.8. The van der Waals surface area contributed by atoms with Gasteiger partial charge in [-0.3, -0.25) is 4.68 Å². The van der Waals surface area contributed by atoms with E-state index in [1.165, 1.54) is 24.7 Å². The van der Waals surface area contributed by atoms with Gasteiger partial charge in [0.05, 0.1) is 5.69 Å². The van der Waals surface area contributed by atoms with E-state index in [1.54, 1.807) is 6.92 Å². The molecule has 0 aliphatic rings. The zero-order valence-electron chi connectivity index (χ0n) is 11.8. The lowest BCUT2D eigenvalue weighted by atomic mass is 9.94. The SMILES string of the molecule is CCNC(Cc1cc(C)nn1C)C(C(F)(F)F)C(F)(F)F. The molecular formula is C12H17F6N3. The van der Waals surface area contributed by atoms with Crippen LogP contribution in [-0.2, 0) is 13.5 Å². The highest BCUT2D eigenvalue weighted by atomic mass is 19.4. The molecule has 0 spiro atoms. The van der Waals surface area contributed by atoms with E-state index in [-0.39, 0.29) is 6.54 Å². The van der Waals surface area contributed by atoms with Crippen molar-refractivity contribution in [1.82, 2.24) is 15.1 Å². The number of aromatic nitrogens is 2. The molecule has 0 saturated carbocycles. The molecule has 1 rings (SSSR count). The quantitative estimate of drug-likeness (QED) is 0.846. The summed E-state index contributed by atoms with van der Waals surface area (Å²) in [5, 5.41) is 6.23. The maximum atomic E-state index is 12.8. The topological polar surface area (TPSA) is 29.9 Å². The standard InChI is InChI=1S/C12H17F6N3/c1-4-19-9(6-8-5-7(2)20-21(8)3)10(11(13,14)15)12(16,17)18/h5,9-10,19H,4,6H2,1-3H3. The number of hydrogen-bond acceptors (Lipinski definition) is 2. The molecule has 1 aromatic heterocycles. The monoisotopic (exact) mass is 317 g/mol. The molecule has 1 aromatic rings. The van der Waals surface area contributed by atoms with E-state index in [9.17, 15) is 26.3 Å². The van der Waals surface area contributed by atoms with Gasteiger partial charge >= 0.3 is 12.4 Å². The van der Waals surface area contributed by atoms with E-state index in [2.05, 4.69) is 10.4 Å². The van der Waals surface area contributed by atoms with Crippen molar-refractivity contribution in [2.24, 2.45) is 13.0 Å². The van der Waals surface area contributed by atoms with Crippen molar-refractivity contribution >= 4 is 0 Å². The average Bonchev–Trinajstić information content (AvgIpc) is 2.53. The maximum Gasteiger partial charge on any atom is 0.402 e. The molecule has 21 heavy (non-hydrogen) atoms. The zero-order chi connectivity index (χ0) is 16.4. The van der Waals surface area contributed by atoms with Crippen LogP contribution in [0.3, 0.4) is 0 Å². The molecular weight excluding hydrogens is 300 g/mol. The third-order valence-corrected chi connectivity index (χ3v) is 3.10. The smallest absolute Gasteiger partial charge is 0.313 e. The molecule has 3 nitrogen and oxygen atoms in total. The van der Waals surface area contributed by atoms with Crippen LogP contribution < -0.4 is 5.32 Å². The number of nitrogens with zero attached hydrogens (tertiary/aromatic N) is 2. The van der Waals surface area contributed by atoms with Gasteiger partial charge in [-0.25, -0.2) is 0 Å². The van der Waals surface area contributed by atoms with Crippen LogP contribution in [0.4, 0.5) is 26.3 Å². The van der Waals surface area contributed by atoms with Crippen molar-refractivity contribution < 1.29 is 26.3 Å². The molecule has 1 heterocycles. The number of nitrogens with one attached hydrogen (secondary N) is 1. The Morgan fingerprint density at radius 2 is 1.71 bits per heavy atom. The van der Waals surface area contributed by atoms with E-state index in [0.717, 1.165) is 0 Å². The van der Waals surface area contributed by atoms with Crippen molar-refractivity contribution in [3.63, 3.8) is 0 Å². The van der Waals surface area contributed by atoms with E-state index in [1.807, 2.05) is 0 Å². The predicted octanol–water partition coefficient (Wildman–Crippen LogP) is 2.99. The molecule has 122 valence electrons. The molecule has 0 aliphatic heterocycles. The van der Waals surface area contributed by atoms with Crippen LogP contribution in [0.15, 0.2) is 6.07 Å². The van der Waals surface area contributed by atoms with Crippen molar-refractivity contribution in [3.05, 3.63) is 17.5 Å². The van der Waals surface area contributed by atoms with Gasteiger partial charge in [0.15, 0.2) is 5.92 Å². The second kappa shape index (κ2) is 6.25. The molecule has 0 saturated heterocycles. The molecule has 1 unspecified atom stereocenters. The lowest BCUT2D eigenvalue weighted by Gasteiger charge is -2.31. The molecule has 0 radical (unpaired) electrons.